The predicted molar refractivity (Wildman–Crippen MR) is 166 cm³/mol. The number of rotatable bonds is 9. The van der Waals surface area contributed by atoms with Crippen LogP contribution < -0.4 is 11.5 Å². The lowest BCUT2D eigenvalue weighted by atomic mass is 9.57. The van der Waals surface area contributed by atoms with Crippen LogP contribution in [0.3, 0.4) is 0 Å². The second kappa shape index (κ2) is 11.7. The highest BCUT2D eigenvalue weighted by atomic mass is 28.3. The molecule has 0 aromatic heterocycles. The number of barbiturate groups is 1. The normalized spacial score (nSPS) is 30.6. The van der Waals surface area contributed by atoms with E-state index in [-0.39, 0.29) is 73.2 Å². The number of urea groups is 2. The Bertz CT molecular complexity index is 1280. The van der Waals surface area contributed by atoms with Crippen LogP contribution in [0.4, 0.5) is 9.59 Å². The lowest BCUT2D eigenvalue weighted by Crippen LogP contribution is -2.69. The average molecular weight is 645 g/mol. The number of carbonyl (C=O) groups is 5. The maximum absolute atomic E-state index is 13.6. The van der Waals surface area contributed by atoms with E-state index in [2.05, 4.69) is 19.6 Å². The first kappa shape index (κ1) is 32.0. The average Bonchev–Trinajstić information content (AvgIpc) is 3.51. The fourth-order valence-electron chi connectivity index (χ4n) is 8.30. The fourth-order valence-corrected chi connectivity index (χ4v) is 9.06. The number of nitrogens with two attached hydrogens (primary N) is 2. The summed E-state index contributed by atoms with van der Waals surface area (Å²) in [5.41, 5.74) is 10.3. The Labute approximate surface area is 265 Å². The summed E-state index contributed by atoms with van der Waals surface area (Å²) >= 11 is 0. The number of hydrogen-bond acceptors (Lipinski definition) is 9. The summed E-state index contributed by atoms with van der Waals surface area (Å²) in [6.07, 6.45) is 8.22. The largest absolute Gasteiger partial charge is 0.385 e. The van der Waals surface area contributed by atoms with E-state index in [0.29, 0.717) is 19.4 Å². The zero-order chi connectivity index (χ0) is 32.3. The van der Waals surface area contributed by atoms with Crippen molar-refractivity contribution in [3.63, 3.8) is 0 Å². The number of carbonyl (C=O) groups excluding carboxylic acids is 5. The third-order valence-corrected chi connectivity index (χ3v) is 12.8. The van der Waals surface area contributed by atoms with E-state index in [9.17, 15) is 24.0 Å². The third-order valence-electron chi connectivity index (χ3n) is 11.1. The topological polar surface area (TPSA) is 169 Å². The molecule has 6 fully saturated rings. The van der Waals surface area contributed by atoms with Crippen molar-refractivity contribution in [3.8, 4) is 0 Å². The number of amides is 7. The van der Waals surface area contributed by atoms with Crippen molar-refractivity contribution in [2.45, 2.75) is 108 Å². The molecule has 3 saturated carbocycles. The maximum Gasteiger partial charge on any atom is 0.334 e. The first-order valence-electron chi connectivity index (χ1n) is 16.5. The molecule has 0 atom stereocenters. The van der Waals surface area contributed by atoms with Crippen molar-refractivity contribution < 1.29 is 33.4 Å². The second-order valence-electron chi connectivity index (χ2n) is 15.4. The van der Waals surface area contributed by atoms with Gasteiger partial charge in [-0.1, -0.05) is 32.5 Å². The molecule has 0 aromatic carbocycles. The van der Waals surface area contributed by atoms with Gasteiger partial charge in [-0.2, -0.15) is 0 Å². The van der Waals surface area contributed by atoms with Crippen LogP contribution in [0.1, 0.15) is 64.2 Å². The zero-order valence-corrected chi connectivity index (χ0v) is 27.8. The minimum Gasteiger partial charge on any atom is -0.385 e. The van der Waals surface area contributed by atoms with Gasteiger partial charge in [-0.05, 0) is 68.7 Å². The van der Waals surface area contributed by atoms with Crippen LogP contribution in [0.5, 0.6) is 0 Å². The molecule has 45 heavy (non-hydrogen) atoms. The van der Waals surface area contributed by atoms with E-state index >= 15 is 0 Å². The van der Waals surface area contributed by atoms with Crippen molar-refractivity contribution in [2.75, 3.05) is 33.1 Å². The highest BCUT2D eigenvalue weighted by Crippen LogP contribution is 2.56. The standard InChI is InChI=1S/C31H48N6O7Si/c1-45(2,3)13-12-43-19-35-27(40)31(17-44-18-31)37(29(35)42)22-14-30(15-22)10-8-21(9-11-30)36-26(39)23(24(32)33)25(38)34(28(36)41)16-20-6-4-5-7-20/h20-22H,4-19,32-33H2,1-3H3. The molecule has 6 rings (SSSR count). The Morgan fingerprint density at radius 3 is 2.09 bits per heavy atom. The molecular formula is C31H48N6O7Si. The van der Waals surface area contributed by atoms with E-state index in [4.69, 9.17) is 20.9 Å². The minimum atomic E-state index is -1.30. The Morgan fingerprint density at radius 1 is 0.889 bits per heavy atom. The van der Waals surface area contributed by atoms with Crippen molar-refractivity contribution in [2.24, 2.45) is 22.8 Å². The summed E-state index contributed by atoms with van der Waals surface area (Å²) in [6.45, 7) is 7.91. The van der Waals surface area contributed by atoms with Gasteiger partial charge in [0.1, 0.15) is 18.1 Å². The van der Waals surface area contributed by atoms with Gasteiger partial charge in [-0.25, -0.2) is 14.5 Å². The lowest BCUT2D eigenvalue weighted by molar-refractivity contribution is -0.171. The molecule has 14 heteroatoms. The summed E-state index contributed by atoms with van der Waals surface area (Å²) < 4.78 is 11.3. The third kappa shape index (κ3) is 5.56. The van der Waals surface area contributed by atoms with E-state index < -0.39 is 31.5 Å². The van der Waals surface area contributed by atoms with Crippen LogP contribution in [-0.4, -0.2) is 108 Å². The van der Waals surface area contributed by atoms with E-state index in [1.807, 2.05) is 0 Å². The molecular weight excluding hydrogens is 596 g/mol. The van der Waals surface area contributed by atoms with E-state index in [0.717, 1.165) is 57.4 Å². The maximum atomic E-state index is 13.6. The molecule has 6 aliphatic rings. The zero-order valence-electron chi connectivity index (χ0n) is 26.8. The summed E-state index contributed by atoms with van der Waals surface area (Å²) in [4.78, 5) is 72.6. The Kier molecular flexibility index (Phi) is 8.30. The summed E-state index contributed by atoms with van der Waals surface area (Å²) in [6, 6.07) is -0.380. The van der Waals surface area contributed by atoms with Crippen LogP contribution in [0.2, 0.25) is 25.7 Å². The Morgan fingerprint density at radius 2 is 1.53 bits per heavy atom. The molecule has 2 spiro atoms. The first-order valence-corrected chi connectivity index (χ1v) is 20.2. The van der Waals surface area contributed by atoms with Crippen LogP contribution in [0, 0.1) is 11.3 Å². The van der Waals surface area contributed by atoms with Crippen LogP contribution in [-0.2, 0) is 23.9 Å². The Hall–Kier alpha value is -2.97. The molecule has 4 N–H and O–H groups in total. The minimum absolute atomic E-state index is 0.0374. The molecule has 248 valence electrons. The van der Waals surface area contributed by atoms with Gasteiger partial charge in [0.25, 0.3) is 17.7 Å². The van der Waals surface area contributed by atoms with E-state index in [1.54, 1.807) is 4.90 Å². The molecule has 13 nitrogen and oxygen atoms in total. The van der Waals surface area contributed by atoms with Crippen LogP contribution in [0.15, 0.2) is 11.4 Å². The monoisotopic (exact) mass is 644 g/mol. The fraction of sp³-hybridized carbons (Fsp3) is 0.774. The first-order chi connectivity index (χ1) is 21.3. The summed E-state index contributed by atoms with van der Waals surface area (Å²) in [5, 5.41) is 0. The molecule has 3 aliphatic heterocycles. The van der Waals surface area contributed by atoms with Crippen LogP contribution in [0.25, 0.3) is 0 Å². The van der Waals surface area contributed by atoms with Gasteiger partial charge in [-0.3, -0.25) is 24.2 Å². The molecule has 0 unspecified atom stereocenters. The van der Waals surface area contributed by atoms with Crippen molar-refractivity contribution >= 4 is 37.9 Å². The van der Waals surface area contributed by atoms with Gasteiger partial charge in [-0.15, -0.1) is 0 Å². The van der Waals surface area contributed by atoms with Gasteiger partial charge in [0.2, 0.25) is 0 Å². The molecule has 0 bridgehead atoms. The molecule has 3 heterocycles. The van der Waals surface area contributed by atoms with Crippen molar-refractivity contribution in [1.29, 1.82) is 0 Å². The number of nitrogens with zero attached hydrogens (tertiary/aromatic N) is 4. The second-order valence-corrected chi connectivity index (χ2v) is 21.0. The van der Waals surface area contributed by atoms with Gasteiger partial charge in [0.15, 0.2) is 5.54 Å². The molecule has 3 saturated heterocycles. The van der Waals surface area contributed by atoms with E-state index in [1.165, 1.54) is 14.7 Å². The summed E-state index contributed by atoms with van der Waals surface area (Å²) in [5.74, 6) is -1.79. The SMILES string of the molecule is C[Si](C)(C)CCOCN1C(=O)N(C2CC3(CCC(N4C(=O)C(=C(N)N)C(=O)N(CC5CCCC5)C4=O)CC3)C2)C2(COC2)C1=O. The highest BCUT2D eigenvalue weighted by Gasteiger charge is 2.66. The van der Waals surface area contributed by atoms with Gasteiger partial charge >= 0.3 is 12.1 Å². The smallest absolute Gasteiger partial charge is 0.334 e. The van der Waals surface area contributed by atoms with Crippen molar-refractivity contribution in [1.82, 2.24) is 19.6 Å². The quantitative estimate of drug-likeness (QED) is 0.126. The predicted octanol–water partition coefficient (Wildman–Crippen LogP) is 2.53. The number of imide groups is 3. The van der Waals surface area contributed by atoms with Gasteiger partial charge in [0, 0.05) is 33.3 Å². The van der Waals surface area contributed by atoms with Gasteiger partial charge < -0.3 is 25.8 Å². The van der Waals surface area contributed by atoms with Gasteiger partial charge in [0.05, 0.1) is 13.2 Å². The molecule has 7 amide bonds. The number of ether oxygens (including phenoxy) is 2. The Balaban J connectivity index is 1.09. The molecule has 0 radical (unpaired) electrons. The highest BCUT2D eigenvalue weighted by molar-refractivity contribution is 6.76. The molecule has 0 aromatic rings. The van der Waals surface area contributed by atoms with Crippen LogP contribution >= 0.6 is 0 Å². The van der Waals surface area contributed by atoms with Crippen molar-refractivity contribution in [3.05, 3.63) is 11.4 Å². The summed E-state index contributed by atoms with van der Waals surface area (Å²) in [7, 11) is -1.30. The molecule has 3 aliphatic carbocycles. The number of hydrogen-bond donors (Lipinski definition) is 2. The lowest BCUT2D eigenvalue weighted by Gasteiger charge is -2.57.